The number of carbonyl (C=O) groups is 2. The molecular formula is C21H18ClNO4. The normalized spacial score (nSPS) is 10.4. The third-order valence-electron chi connectivity index (χ3n) is 3.84. The van der Waals surface area contributed by atoms with Crippen molar-refractivity contribution in [2.75, 3.05) is 6.54 Å². The predicted molar refractivity (Wildman–Crippen MR) is 102 cm³/mol. The number of nitrogens with one attached hydrogen (secondary N) is 1. The van der Waals surface area contributed by atoms with Gasteiger partial charge < -0.3 is 14.5 Å². The van der Waals surface area contributed by atoms with E-state index in [1.807, 2.05) is 30.3 Å². The van der Waals surface area contributed by atoms with E-state index < -0.39 is 5.97 Å². The molecule has 0 saturated carbocycles. The molecule has 0 aliphatic rings. The van der Waals surface area contributed by atoms with E-state index in [1.165, 1.54) is 6.26 Å². The second-order valence-corrected chi connectivity index (χ2v) is 6.31. The smallest absolute Gasteiger partial charge is 0.312 e. The maximum absolute atomic E-state index is 12.1. The quantitative estimate of drug-likeness (QED) is 0.489. The molecule has 5 nitrogen and oxygen atoms in total. The fourth-order valence-corrected chi connectivity index (χ4v) is 2.74. The van der Waals surface area contributed by atoms with Gasteiger partial charge in [0.15, 0.2) is 5.76 Å². The lowest BCUT2D eigenvalue weighted by atomic mass is 10.0. The number of halogens is 1. The molecule has 0 unspecified atom stereocenters. The minimum Gasteiger partial charge on any atom is -0.459 e. The van der Waals surface area contributed by atoms with Crippen LogP contribution in [-0.2, 0) is 11.2 Å². The van der Waals surface area contributed by atoms with E-state index in [4.69, 9.17) is 20.8 Å². The van der Waals surface area contributed by atoms with Crippen LogP contribution in [0.2, 0.25) is 5.02 Å². The first kappa shape index (κ1) is 18.7. The molecule has 2 aromatic carbocycles. The highest BCUT2D eigenvalue weighted by atomic mass is 35.5. The average molecular weight is 384 g/mol. The molecule has 1 aromatic heterocycles. The van der Waals surface area contributed by atoms with Crippen LogP contribution < -0.4 is 10.1 Å². The van der Waals surface area contributed by atoms with Gasteiger partial charge in [-0.15, -0.1) is 0 Å². The molecule has 0 bridgehead atoms. The van der Waals surface area contributed by atoms with Crippen molar-refractivity contribution in [1.82, 2.24) is 5.32 Å². The second kappa shape index (κ2) is 9.05. The van der Waals surface area contributed by atoms with Gasteiger partial charge in [0.05, 0.1) is 12.7 Å². The van der Waals surface area contributed by atoms with E-state index in [1.54, 1.807) is 30.3 Å². The van der Waals surface area contributed by atoms with Gasteiger partial charge >= 0.3 is 5.97 Å². The number of ether oxygens (including phenoxy) is 1. The zero-order chi connectivity index (χ0) is 19.1. The first-order valence-corrected chi connectivity index (χ1v) is 8.84. The van der Waals surface area contributed by atoms with Gasteiger partial charge in [-0.05, 0) is 35.9 Å². The van der Waals surface area contributed by atoms with Crippen LogP contribution in [0, 0.1) is 0 Å². The van der Waals surface area contributed by atoms with Gasteiger partial charge in [-0.3, -0.25) is 9.59 Å². The minimum atomic E-state index is -0.439. The number of carbonyl (C=O) groups excluding carboxylic acids is 2. The fraction of sp³-hybridized carbons (Fsp3) is 0.143. The molecule has 0 aliphatic carbocycles. The Labute approximate surface area is 161 Å². The van der Waals surface area contributed by atoms with Crippen molar-refractivity contribution in [2.24, 2.45) is 0 Å². The summed E-state index contributed by atoms with van der Waals surface area (Å²) in [5, 5.41) is 3.19. The SMILES string of the molecule is O=C(CCNC(=O)c1ccco1)Oc1ccc(Cl)cc1Cc1ccccc1. The molecule has 1 heterocycles. The van der Waals surface area contributed by atoms with Crippen LogP contribution in [0.5, 0.6) is 5.75 Å². The van der Waals surface area contributed by atoms with Crippen molar-refractivity contribution in [3.8, 4) is 5.75 Å². The molecule has 0 fully saturated rings. The molecular weight excluding hydrogens is 366 g/mol. The highest BCUT2D eigenvalue weighted by molar-refractivity contribution is 6.30. The maximum Gasteiger partial charge on any atom is 0.312 e. The Bertz CT molecular complexity index is 907. The molecule has 0 radical (unpaired) electrons. The maximum atomic E-state index is 12.1. The first-order valence-electron chi connectivity index (χ1n) is 8.46. The summed E-state index contributed by atoms with van der Waals surface area (Å²) < 4.78 is 10.5. The Morgan fingerprint density at radius 3 is 2.59 bits per heavy atom. The standard InChI is InChI=1S/C21H18ClNO4/c22-17-8-9-18(16(14-17)13-15-5-2-1-3-6-15)27-20(24)10-11-23-21(25)19-7-4-12-26-19/h1-9,12,14H,10-11,13H2,(H,23,25). The van der Waals surface area contributed by atoms with E-state index in [0.717, 1.165) is 11.1 Å². The summed E-state index contributed by atoms with van der Waals surface area (Å²) in [4.78, 5) is 23.9. The summed E-state index contributed by atoms with van der Waals surface area (Å²) in [6.07, 6.45) is 2.05. The highest BCUT2D eigenvalue weighted by Gasteiger charge is 2.13. The summed E-state index contributed by atoms with van der Waals surface area (Å²) in [5.41, 5.74) is 1.91. The molecule has 3 rings (SSSR count). The van der Waals surface area contributed by atoms with Crippen molar-refractivity contribution in [3.63, 3.8) is 0 Å². The highest BCUT2D eigenvalue weighted by Crippen LogP contribution is 2.26. The van der Waals surface area contributed by atoms with E-state index >= 15 is 0 Å². The lowest BCUT2D eigenvalue weighted by molar-refractivity contribution is -0.134. The molecule has 1 amide bonds. The van der Waals surface area contributed by atoms with Gasteiger partial charge in [0.1, 0.15) is 5.75 Å². The Morgan fingerprint density at radius 1 is 1.04 bits per heavy atom. The van der Waals surface area contributed by atoms with Crippen LogP contribution >= 0.6 is 11.6 Å². The zero-order valence-corrected chi connectivity index (χ0v) is 15.2. The second-order valence-electron chi connectivity index (χ2n) is 5.87. The largest absolute Gasteiger partial charge is 0.459 e. The summed E-state index contributed by atoms with van der Waals surface area (Å²) in [6, 6.07) is 18.2. The van der Waals surface area contributed by atoms with E-state index in [2.05, 4.69) is 5.32 Å². The molecule has 27 heavy (non-hydrogen) atoms. The molecule has 0 saturated heterocycles. The average Bonchev–Trinajstić information content (AvgIpc) is 3.20. The van der Waals surface area contributed by atoms with Crippen LogP contribution in [-0.4, -0.2) is 18.4 Å². The van der Waals surface area contributed by atoms with Gasteiger partial charge in [-0.2, -0.15) is 0 Å². The van der Waals surface area contributed by atoms with Crippen molar-refractivity contribution in [3.05, 3.63) is 88.8 Å². The number of hydrogen-bond acceptors (Lipinski definition) is 4. The number of esters is 1. The third-order valence-corrected chi connectivity index (χ3v) is 4.08. The molecule has 0 spiro atoms. The Kier molecular flexibility index (Phi) is 6.28. The van der Waals surface area contributed by atoms with Gasteiger partial charge in [-0.1, -0.05) is 41.9 Å². The Hall–Kier alpha value is -3.05. The van der Waals surface area contributed by atoms with Crippen LogP contribution in [0.25, 0.3) is 0 Å². The van der Waals surface area contributed by atoms with E-state index in [-0.39, 0.29) is 24.6 Å². The van der Waals surface area contributed by atoms with Gasteiger partial charge in [0.25, 0.3) is 5.91 Å². The number of amides is 1. The van der Waals surface area contributed by atoms with E-state index in [9.17, 15) is 9.59 Å². The summed E-state index contributed by atoms with van der Waals surface area (Å²) in [7, 11) is 0. The summed E-state index contributed by atoms with van der Waals surface area (Å²) in [6.45, 7) is 0.153. The molecule has 6 heteroatoms. The van der Waals surface area contributed by atoms with Crippen LogP contribution in [0.3, 0.4) is 0 Å². The molecule has 0 atom stereocenters. The number of rotatable bonds is 7. The summed E-state index contributed by atoms with van der Waals surface area (Å²) >= 11 is 6.09. The number of hydrogen-bond donors (Lipinski definition) is 1. The molecule has 138 valence electrons. The van der Waals surface area contributed by atoms with Crippen molar-refractivity contribution < 1.29 is 18.7 Å². The Balaban J connectivity index is 1.58. The van der Waals surface area contributed by atoms with Crippen molar-refractivity contribution >= 4 is 23.5 Å². The molecule has 3 aromatic rings. The van der Waals surface area contributed by atoms with E-state index in [0.29, 0.717) is 17.2 Å². The predicted octanol–water partition coefficient (Wildman–Crippen LogP) is 4.25. The zero-order valence-electron chi connectivity index (χ0n) is 14.5. The van der Waals surface area contributed by atoms with Crippen LogP contribution in [0.1, 0.15) is 28.1 Å². The number of benzene rings is 2. The lowest BCUT2D eigenvalue weighted by Gasteiger charge is -2.11. The van der Waals surface area contributed by atoms with Crippen molar-refractivity contribution in [2.45, 2.75) is 12.8 Å². The van der Waals surface area contributed by atoms with Crippen molar-refractivity contribution in [1.29, 1.82) is 0 Å². The fourth-order valence-electron chi connectivity index (χ4n) is 2.55. The monoisotopic (exact) mass is 383 g/mol. The third kappa shape index (κ3) is 5.46. The van der Waals surface area contributed by atoms with Gasteiger partial charge in [-0.25, -0.2) is 0 Å². The van der Waals surface area contributed by atoms with Gasteiger partial charge in [0.2, 0.25) is 0 Å². The molecule has 1 N–H and O–H groups in total. The first-order chi connectivity index (χ1) is 13.1. The van der Waals surface area contributed by atoms with Crippen LogP contribution in [0.4, 0.5) is 0 Å². The summed E-state index contributed by atoms with van der Waals surface area (Å²) in [5.74, 6) is -0.146. The number of furan rings is 1. The van der Waals surface area contributed by atoms with Crippen LogP contribution in [0.15, 0.2) is 71.3 Å². The topological polar surface area (TPSA) is 68.5 Å². The minimum absolute atomic E-state index is 0.0415. The molecule has 0 aliphatic heterocycles. The lowest BCUT2D eigenvalue weighted by Crippen LogP contribution is -2.26. The Morgan fingerprint density at radius 2 is 1.85 bits per heavy atom. The van der Waals surface area contributed by atoms with Gasteiger partial charge in [0, 0.05) is 23.6 Å².